The second kappa shape index (κ2) is 13.7. The fraction of sp³-hybridized carbons (Fsp3) is 0.409. The maximum atomic E-state index is 12.3. The third-order valence-corrected chi connectivity index (χ3v) is 5.26. The Balaban J connectivity index is 1.85. The molecule has 7 heteroatoms. The van der Waals surface area contributed by atoms with Gasteiger partial charge in [-0.1, -0.05) is 36.4 Å². The van der Waals surface area contributed by atoms with Crippen LogP contribution in [0.1, 0.15) is 18.9 Å². The number of nitrogens with zero attached hydrogens (tertiary/aromatic N) is 1. The molecule has 0 bridgehead atoms. The Morgan fingerprint density at radius 1 is 1.10 bits per heavy atom. The van der Waals surface area contributed by atoms with Gasteiger partial charge in [-0.25, -0.2) is 0 Å². The Labute approximate surface area is 176 Å². The zero-order valence-electron chi connectivity index (χ0n) is 17.2. The number of ether oxygens (including phenoxy) is 2. The average molecular weight is 418 g/mol. The average Bonchev–Trinajstić information content (AvgIpc) is 2.72. The smallest absolute Gasteiger partial charge is 0.195 e. The van der Waals surface area contributed by atoms with Gasteiger partial charge in [-0.2, -0.15) is 0 Å². The van der Waals surface area contributed by atoms with Crippen molar-refractivity contribution in [3.63, 3.8) is 0 Å². The largest absolute Gasteiger partial charge is 0.493 e. The van der Waals surface area contributed by atoms with Crippen molar-refractivity contribution < 1.29 is 13.7 Å². The van der Waals surface area contributed by atoms with E-state index in [2.05, 4.69) is 15.6 Å². The molecule has 0 aliphatic heterocycles. The first-order chi connectivity index (χ1) is 14.2. The molecule has 0 radical (unpaired) electrons. The van der Waals surface area contributed by atoms with Crippen LogP contribution in [0, 0.1) is 0 Å². The molecule has 158 valence electrons. The second-order valence-electron chi connectivity index (χ2n) is 6.38. The normalized spacial score (nSPS) is 12.4. The summed E-state index contributed by atoms with van der Waals surface area (Å²) in [5.74, 6) is 2.54. The van der Waals surface area contributed by atoms with Crippen LogP contribution in [0.4, 0.5) is 5.69 Å². The van der Waals surface area contributed by atoms with Gasteiger partial charge in [0.15, 0.2) is 5.96 Å². The molecule has 2 N–H and O–H groups in total. The SMILES string of the molecule is CCNC(=NCCS(=O)Cc1ccccc1)Nc1cccc(OCCCOC)c1. The number of methoxy groups -OCH3 is 1. The number of nitrogens with one attached hydrogen (secondary N) is 2. The molecule has 0 spiro atoms. The summed E-state index contributed by atoms with van der Waals surface area (Å²) in [5.41, 5.74) is 1.97. The van der Waals surface area contributed by atoms with Crippen LogP contribution in [-0.4, -0.2) is 49.3 Å². The van der Waals surface area contributed by atoms with Gasteiger partial charge in [-0.05, 0) is 24.6 Å². The maximum absolute atomic E-state index is 12.3. The van der Waals surface area contributed by atoms with Crippen molar-refractivity contribution in [1.82, 2.24) is 5.32 Å². The Bertz CT molecular complexity index is 769. The number of guanidine groups is 1. The van der Waals surface area contributed by atoms with Crippen molar-refractivity contribution in [3.05, 3.63) is 60.2 Å². The number of aliphatic imine (C=N–C) groups is 1. The van der Waals surface area contributed by atoms with Crippen LogP contribution in [0.3, 0.4) is 0 Å². The molecule has 1 atom stereocenters. The highest BCUT2D eigenvalue weighted by molar-refractivity contribution is 7.84. The quantitative estimate of drug-likeness (QED) is 0.315. The van der Waals surface area contributed by atoms with E-state index in [1.165, 1.54) is 0 Å². The van der Waals surface area contributed by atoms with E-state index in [4.69, 9.17) is 9.47 Å². The maximum Gasteiger partial charge on any atom is 0.195 e. The molecule has 1 unspecified atom stereocenters. The van der Waals surface area contributed by atoms with Crippen molar-refractivity contribution in [2.75, 3.05) is 44.5 Å². The Morgan fingerprint density at radius 2 is 1.93 bits per heavy atom. The van der Waals surface area contributed by atoms with Crippen LogP contribution in [-0.2, 0) is 21.3 Å². The van der Waals surface area contributed by atoms with Crippen molar-refractivity contribution in [2.24, 2.45) is 4.99 Å². The minimum absolute atomic E-state index is 0.488. The highest BCUT2D eigenvalue weighted by Crippen LogP contribution is 2.17. The van der Waals surface area contributed by atoms with Crippen molar-refractivity contribution >= 4 is 22.4 Å². The lowest BCUT2D eigenvalue weighted by molar-refractivity contribution is 0.172. The summed E-state index contributed by atoms with van der Waals surface area (Å²) in [4.78, 5) is 4.55. The van der Waals surface area contributed by atoms with E-state index in [0.717, 1.165) is 30.0 Å². The van der Waals surface area contributed by atoms with Gasteiger partial charge in [0, 0.05) is 60.7 Å². The minimum atomic E-state index is -0.940. The molecule has 2 aromatic carbocycles. The summed E-state index contributed by atoms with van der Waals surface area (Å²) in [6, 6.07) is 17.6. The van der Waals surface area contributed by atoms with Crippen LogP contribution in [0.2, 0.25) is 0 Å². The van der Waals surface area contributed by atoms with E-state index < -0.39 is 10.8 Å². The van der Waals surface area contributed by atoms with Crippen LogP contribution < -0.4 is 15.4 Å². The summed E-state index contributed by atoms with van der Waals surface area (Å²) in [6.07, 6.45) is 0.846. The summed E-state index contributed by atoms with van der Waals surface area (Å²) >= 11 is 0. The second-order valence-corrected chi connectivity index (χ2v) is 7.96. The molecule has 0 aromatic heterocycles. The standard InChI is InChI=1S/C22H31N3O3S/c1-3-23-22(24-13-16-29(26)18-19-9-5-4-6-10-19)25-20-11-7-12-21(17-20)28-15-8-14-27-2/h4-7,9-12,17H,3,8,13-16,18H2,1-2H3,(H2,23,24,25). The van der Waals surface area contributed by atoms with Crippen LogP contribution in [0.5, 0.6) is 5.75 Å². The molecule has 0 saturated heterocycles. The summed E-state index contributed by atoms with van der Waals surface area (Å²) in [5, 5.41) is 6.50. The van der Waals surface area contributed by atoms with E-state index in [1.807, 2.05) is 61.5 Å². The van der Waals surface area contributed by atoms with Gasteiger partial charge >= 0.3 is 0 Å². The molecular weight excluding hydrogens is 386 g/mol. The Morgan fingerprint density at radius 3 is 2.69 bits per heavy atom. The highest BCUT2D eigenvalue weighted by Gasteiger charge is 2.04. The predicted octanol–water partition coefficient (Wildman–Crippen LogP) is 3.43. The molecule has 6 nitrogen and oxygen atoms in total. The fourth-order valence-corrected chi connectivity index (χ4v) is 3.60. The van der Waals surface area contributed by atoms with Gasteiger partial charge in [0.2, 0.25) is 0 Å². The third-order valence-electron chi connectivity index (χ3n) is 3.96. The molecule has 0 heterocycles. The zero-order chi connectivity index (χ0) is 20.7. The van der Waals surface area contributed by atoms with Crippen molar-refractivity contribution in [3.8, 4) is 5.75 Å². The number of benzene rings is 2. The Hall–Kier alpha value is -2.38. The highest BCUT2D eigenvalue weighted by atomic mass is 32.2. The Kier molecular flexibility index (Phi) is 10.9. The molecule has 29 heavy (non-hydrogen) atoms. The molecule has 0 amide bonds. The van der Waals surface area contributed by atoms with E-state index in [1.54, 1.807) is 7.11 Å². The number of rotatable bonds is 12. The molecule has 0 saturated carbocycles. The summed E-state index contributed by atoms with van der Waals surface area (Å²) in [6.45, 7) is 4.54. The van der Waals surface area contributed by atoms with Crippen molar-refractivity contribution in [2.45, 2.75) is 19.1 Å². The van der Waals surface area contributed by atoms with Gasteiger partial charge in [-0.3, -0.25) is 9.20 Å². The van der Waals surface area contributed by atoms with Gasteiger partial charge < -0.3 is 20.1 Å². The lowest BCUT2D eigenvalue weighted by Crippen LogP contribution is -2.31. The first-order valence-corrected chi connectivity index (χ1v) is 11.4. The topological polar surface area (TPSA) is 72.0 Å². The minimum Gasteiger partial charge on any atom is -0.493 e. The molecule has 2 aromatic rings. The van der Waals surface area contributed by atoms with Gasteiger partial charge in [0.25, 0.3) is 0 Å². The fourth-order valence-electron chi connectivity index (χ4n) is 2.59. The molecule has 0 aliphatic rings. The van der Waals surface area contributed by atoms with Gasteiger partial charge in [0.1, 0.15) is 5.75 Å². The van der Waals surface area contributed by atoms with E-state index in [0.29, 0.717) is 37.2 Å². The first kappa shape index (κ1) is 22.9. The zero-order valence-corrected chi connectivity index (χ0v) is 18.0. The van der Waals surface area contributed by atoms with Crippen LogP contribution in [0.25, 0.3) is 0 Å². The first-order valence-electron chi connectivity index (χ1n) is 9.87. The van der Waals surface area contributed by atoms with Crippen LogP contribution in [0.15, 0.2) is 59.6 Å². The summed E-state index contributed by atoms with van der Waals surface area (Å²) in [7, 11) is 0.744. The summed E-state index contributed by atoms with van der Waals surface area (Å²) < 4.78 is 23.0. The van der Waals surface area contributed by atoms with E-state index >= 15 is 0 Å². The number of hydrogen-bond donors (Lipinski definition) is 2. The molecule has 0 fully saturated rings. The lowest BCUT2D eigenvalue weighted by atomic mass is 10.2. The van der Waals surface area contributed by atoms with Crippen molar-refractivity contribution in [1.29, 1.82) is 0 Å². The lowest BCUT2D eigenvalue weighted by Gasteiger charge is -2.13. The predicted molar refractivity (Wildman–Crippen MR) is 121 cm³/mol. The number of anilines is 1. The van der Waals surface area contributed by atoms with Gasteiger partial charge in [0.05, 0.1) is 13.2 Å². The number of hydrogen-bond acceptors (Lipinski definition) is 4. The third kappa shape index (κ3) is 9.58. The monoisotopic (exact) mass is 417 g/mol. The molecule has 0 aliphatic carbocycles. The van der Waals surface area contributed by atoms with Crippen LogP contribution >= 0.6 is 0 Å². The molecule has 2 rings (SSSR count). The van der Waals surface area contributed by atoms with E-state index in [-0.39, 0.29) is 0 Å². The molecular formula is C22H31N3O3S. The van der Waals surface area contributed by atoms with Gasteiger partial charge in [-0.15, -0.1) is 0 Å². The van der Waals surface area contributed by atoms with E-state index in [9.17, 15) is 4.21 Å².